The van der Waals surface area contributed by atoms with Gasteiger partial charge in [-0.05, 0) is 6.92 Å². The summed E-state index contributed by atoms with van der Waals surface area (Å²) in [5.41, 5.74) is 0.281. The van der Waals surface area contributed by atoms with Crippen LogP contribution in [0.4, 0.5) is 5.82 Å². The maximum absolute atomic E-state index is 11.7. The second-order valence-electron chi connectivity index (χ2n) is 3.54. The Balaban J connectivity index is 1.92. The molecule has 0 aliphatic rings. The molecule has 0 atom stereocenters. The van der Waals surface area contributed by atoms with Crippen molar-refractivity contribution in [2.75, 3.05) is 11.9 Å². The third-order valence-corrected chi connectivity index (χ3v) is 2.21. The molecule has 0 aromatic carbocycles. The number of amides is 1. The van der Waals surface area contributed by atoms with Crippen molar-refractivity contribution >= 4 is 11.7 Å². The molecule has 0 spiro atoms. The van der Waals surface area contributed by atoms with E-state index < -0.39 is 0 Å². The first-order chi connectivity index (χ1) is 8.79. The van der Waals surface area contributed by atoms with Crippen LogP contribution in [-0.2, 0) is 6.54 Å². The zero-order valence-electron chi connectivity index (χ0n) is 9.97. The molecule has 7 nitrogen and oxygen atoms in total. The summed E-state index contributed by atoms with van der Waals surface area (Å²) in [6, 6.07) is 0. The predicted octanol–water partition coefficient (Wildman–Crippen LogP) is 0.561. The van der Waals surface area contributed by atoms with Gasteiger partial charge >= 0.3 is 0 Å². The van der Waals surface area contributed by atoms with Gasteiger partial charge in [-0.15, -0.1) is 0 Å². The minimum atomic E-state index is -0.276. The van der Waals surface area contributed by atoms with E-state index in [-0.39, 0.29) is 11.6 Å². The second kappa shape index (κ2) is 5.76. The molecule has 0 unspecified atom stereocenters. The first-order valence-corrected chi connectivity index (χ1v) is 5.62. The Labute approximate surface area is 104 Å². The summed E-state index contributed by atoms with van der Waals surface area (Å²) < 4.78 is 0. The lowest BCUT2D eigenvalue weighted by Crippen LogP contribution is -2.24. The van der Waals surface area contributed by atoms with Crippen molar-refractivity contribution < 1.29 is 4.79 Å². The molecule has 0 aliphatic carbocycles. The minimum Gasteiger partial charge on any atom is -0.369 e. The van der Waals surface area contributed by atoms with E-state index in [1.54, 1.807) is 12.4 Å². The molecule has 1 amide bonds. The number of hydrogen-bond acceptors (Lipinski definition) is 5. The van der Waals surface area contributed by atoms with Gasteiger partial charge in [0.2, 0.25) is 0 Å². The van der Waals surface area contributed by atoms with Crippen molar-refractivity contribution in [1.82, 2.24) is 25.3 Å². The average molecular weight is 246 g/mol. The van der Waals surface area contributed by atoms with Crippen molar-refractivity contribution in [3.8, 4) is 0 Å². The van der Waals surface area contributed by atoms with Crippen LogP contribution >= 0.6 is 0 Å². The van der Waals surface area contributed by atoms with Gasteiger partial charge in [-0.25, -0.2) is 15.0 Å². The maximum atomic E-state index is 11.7. The standard InChI is InChI=1S/C11H14N6O/c1-2-12-9-6-15-8(5-16-9)11(18)17-7-10-13-3-4-14-10/h3-6H,2,7H2,1H3,(H,12,16)(H,13,14)(H,17,18). The Kier molecular flexibility index (Phi) is 3.85. The third-order valence-electron chi connectivity index (χ3n) is 2.21. The van der Waals surface area contributed by atoms with Crippen LogP contribution in [0.3, 0.4) is 0 Å². The molecular formula is C11H14N6O. The zero-order chi connectivity index (χ0) is 12.8. The molecule has 0 aliphatic heterocycles. The van der Waals surface area contributed by atoms with Crippen molar-refractivity contribution in [3.05, 3.63) is 36.3 Å². The number of imidazole rings is 1. The SMILES string of the molecule is CCNc1cnc(C(=O)NCc2ncc[nH]2)cn1. The molecule has 2 heterocycles. The van der Waals surface area contributed by atoms with E-state index in [4.69, 9.17) is 0 Å². The molecule has 0 fully saturated rings. The van der Waals surface area contributed by atoms with Gasteiger partial charge in [0.15, 0.2) is 0 Å². The fourth-order valence-electron chi connectivity index (χ4n) is 1.37. The fourth-order valence-corrected chi connectivity index (χ4v) is 1.37. The summed E-state index contributed by atoms with van der Waals surface area (Å²) in [5, 5.41) is 5.70. The molecule has 18 heavy (non-hydrogen) atoms. The molecule has 2 rings (SSSR count). The van der Waals surface area contributed by atoms with Crippen LogP contribution in [0.2, 0.25) is 0 Å². The Hall–Kier alpha value is -2.44. The topological polar surface area (TPSA) is 95.6 Å². The van der Waals surface area contributed by atoms with E-state index in [2.05, 4.69) is 30.6 Å². The number of nitrogens with one attached hydrogen (secondary N) is 3. The van der Waals surface area contributed by atoms with Gasteiger partial charge in [-0.1, -0.05) is 0 Å². The Morgan fingerprint density at radius 1 is 1.33 bits per heavy atom. The van der Waals surface area contributed by atoms with Gasteiger partial charge < -0.3 is 15.6 Å². The number of rotatable bonds is 5. The average Bonchev–Trinajstić information content (AvgIpc) is 2.90. The van der Waals surface area contributed by atoms with Crippen LogP contribution in [0.25, 0.3) is 0 Å². The highest BCUT2D eigenvalue weighted by Gasteiger charge is 2.07. The van der Waals surface area contributed by atoms with E-state index in [0.29, 0.717) is 18.2 Å². The Morgan fingerprint density at radius 3 is 2.83 bits per heavy atom. The third kappa shape index (κ3) is 3.03. The molecule has 0 bridgehead atoms. The quantitative estimate of drug-likeness (QED) is 0.716. The highest BCUT2D eigenvalue weighted by molar-refractivity contribution is 5.91. The number of carbonyl (C=O) groups excluding carboxylic acids is 1. The van der Waals surface area contributed by atoms with E-state index in [1.165, 1.54) is 12.4 Å². The summed E-state index contributed by atoms with van der Waals surface area (Å²) in [4.78, 5) is 26.7. The number of H-pyrrole nitrogens is 1. The van der Waals surface area contributed by atoms with Gasteiger partial charge in [-0.3, -0.25) is 4.79 Å². The first-order valence-electron chi connectivity index (χ1n) is 5.62. The molecule has 0 radical (unpaired) electrons. The summed E-state index contributed by atoms with van der Waals surface area (Å²) in [6.07, 6.45) is 6.31. The molecule has 3 N–H and O–H groups in total. The molecule has 94 valence electrons. The van der Waals surface area contributed by atoms with Crippen molar-refractivity contribution in [1.29, 1.82) is 0 Å². The Morgan fingerprint density at radius 2 is 2.22 bits per heavy atom. The van der Waals surface area contributed by atoms with E-state index in [0.717, 1.165) is 6.54 Å². The van der Waals surface area contributed by atoms with Gasteiger partial charge in [0, 0.05) is 18.9 Å². The number of aromatic nitrogens is 4. The Bertz CT molecular complexity index is 493. The normalized spacial score (nSPS) is 10.1. The molecule has 7 heteroatoms. The molecule has 2 aromatic heterocycles. The fraction of sp³-hybridized carbons (Fsp3) is 0.273. The summed E-state index contributed by atoms with van der Waals surface area (Å²) >= 11 is 0. The number of hydrogen-bond donors (Lipinski definition) is 3. The minimum absolute atomic E-state index is 0.276. The molecule has 2 aromatic rings. The second-order valence-corrected chi connectivity index (χ2v) is 3.54. The number of carbonyl (C=O) groups is 1. The number of anilines is 1. The van der Waals surface area contributed by atoms with E-state index >= 15 is 0 Å². The van der Waals surface area contributed by atoms with E-state index in [9.17, 15) is 4.79 Å². The van der Waals surface area contributed by atoms with Crippen LogP contribution in [0.5, 0.6) is 0 Å². The van der Waals surface area contributed by atoms with Crippen LogP contribution in [0.1, 0.15) is 23.2 Å². The summed E-state index contributed by atoms with van der Waals surface area (Å²) in [5.74, 6) is 1.07. The predicted molar refractivity (Wildman–Crippen MR) is 66.0 cm³/mol. The number of aromatic amines is 1. The van der Waals surface area contributed by atoms with Crippen molar-refractivity contribution in [2.24, 2.45) is 0 Å². The van der Waals surface area contributed by atoms with Crippen LogP contribution < -0.4 is 10.6 Å². The maximum Gasteiger partial charge on any atom is 0.271 e. The van der Waals surface area contributed by atoms with Crippen molar-refractivity contribution in [3.63, 3.8) is 0 Å². The zero-order valence-corrected chi connectivity index (χ0v) is 9.97. The van der Waals surface area contributed by atoms with Crippen LogP contribution in [0, 0.1) is 0 Å². The lowest BCUT2D eigenvalue weighted by Gasteiger charge is -2.04. The number of nitrogens with zero attached hydrogens (tertiary/aromatic N) is 3. The summed E-state index contributed by atoms with van der Waals surface area (Å²) in [7, 11) is 0. The largest absolute Gasteiger partial charge is 0.369 e. The molecule has 0 saturated heterocycles. The first kappa shape index (κ1) is 12.0. The molecule has 0 saturated carbocycles. The van der Waals surface area contributed by atoms with Gasteiger partial charge in [0.05, 0.1) is 18.9 Å². The van der Waals surface area contributed by atoms with Crippen molar-refractivity contribution in [2.45, 2.75) is 13.5 Å². The smallest absolute Gasteiger partial charge is 0.271 e. The lowest BCUT2D eigenvalue weighted by molar-refractivity contribution is 0.0944. The van der Waals surface area contributed by atoms with Gasteiger partial charge in [0.25, 0.3) is 5.91 Å². The van der Waals surface area contributed by atoms with Crippen LogP contribution in [0.15, 0.2) is 24.8 Å². The highest BCUT2D eigenvalue weighted by atomic mass is 16.1. The lowest BCUT2D eigenvalue weighted by atomic mass is 10.4. The van der Waals surface area contributed by atoms with Gasteiger partial charge in [-0.2, -0.15) is 0 Å². The van der Waals surface area contributed by atoms with E-state index in [1.807, 2.05) is 6.92 Å². The molecular weight excluding hydrogens is 232 g/mol. The monoisotopic (exact) mass is 246 g/mol. The van der Waals surface area contributed by atoms with Gasteiger partial charge in [0.1, 0.15) is 17.3 Å². The summed E-state index contributed by atoms with van der Waals surface area (Å²) in [6.45, 7) is 3.06. The van der Waals surface area contributed by atoms with Crippen LogP contribution in [-0.4, -0.2) is 32.4 Å². The highest BCUT2D eigenvalue weighted by Crippen LogP contribution is 2.00.